The van der Waals surface area contributed by atoms with Crippen LogP contribution in [-0.2, 0) is 9.31 Å². The minimum atomic E-state index is -0.431. The molecular weight excluding hydrogens is 272 g/mol. The van der Waals surface area contributed by atoms with E-state index >= 15 is 0 Å². The van der Waals surface area contributed by atoms with Gasteiger partial charge < -0.3 is 9.31 Å². The Morgan fingerprint density at radius 2 is 1.80 bits per heavy atom. The molecule has 1 saturated heterocycles. The van der Waals surface area contributed by atoms with Gasteiger partial charge in [0.2, 0.25) is 0 Å². The molecular formula is C15H21BClNO2. The molecule has 3 rings (SSSR count). The van der Waals surface area contributed by atoms with Gasteiger partial charge in [0.05, 0.1) is 11.2 Å². The van der Waals surface area contributed by atoms with E-state index < -0.39 is 7.12 Å². The number of nitrogens with zero attached hydrogens (tertiary/aromatic N) is 1. The van der Waals surface area contributed by atoms with E-state index in [2.05, 4.69) is 11.1 Å². The van der Waals surface area contributed by atoms with Crippen LogP contribution in [0.25, 0.3) is 0 Å². The maximum atomic E-state index is 6.26. The molecule has 1 aliphatic heterocycles. The van der Waals surface area contributed by atoms with Crippen molar-refractivity contribution < 1.29 is 9.31 Å². The molecule has 0 bridgehead atoms. The Morgan fingerprint density at radius 1 is 1.20 bits per heavy atom. The van der Waals surface area contributed by atoms with E-state index in [1.807, 2.05) is 33.9 Å². The van der Waals surface area contributed by atoms with Crippen LogP contribution in [0.3, 0.4) is 0 Å². The van der Waals surface area contributed by atoms with Gasteiger partial charge in [-0.1, -0.05) is 24.1 Å². The zero-order chi connectivity index (χ0) is 14.5. The maximum Gasteiger partial charge on any atom is 0.498 e. The molecule has 2 aliphatic rings. The Labute approximate surface area is 126 Å². The van der Waals surface area contributed by atoms with E-state index in [1.165, 1.54) is 24.8 Å². The third-order valence-corrected chi connectivity index (χ3v) is 5.29. The highest BCUT2D eigenvalue weighted by Crippen LogP contribution is 2.38. The molecule has 0 amide bonds. The van der Waals surface area contributed by atoms with Crippen molar-refractivity contribution in [2.75, 3.05) is 0 Å². The number of pyridine rings is 1. The number of halogens is 1. The summed E-state index contributed by atoms with van der Waals surface area (Å²) >= 11 is 6.26. The summed E-state index contributed by atoms with van der Waals surface area (Å²) in [7, 11) is -0.431. The first-order valence-corrected chi connectivity index (χ1v) is 7.69. The van der Waals surface area contributed by atoms with Crippen LogP contribution >= 0.6 is 11.6 Å². The molecule has 1 aromatic heterocycles. The number of hydrogen-bond donors (Lipinski definition) is 0. The first kappa shape index (κ1) is 14.4. The molecule has 1 aliphatic carbocycles. The Kier molecular flexibility index (Phi) is 3.39. The third-order valence-electron chi connectivity index (χ3n) is 4.97. The Balaban J connectivity index is 1.90. The summed E-state index contributed by atoms with van der Waals surface area (Å²) < 4.78 is 12.1. The van der Waals surface area contributed by atoms with E-state index in [9.17, 15) is 0 Å². The monoisotopic (exact) mass is 293 g/mol. The average Bonchev–Trinajstić information content (AvgIpc) is 2.48. The summed E-state index contributed by atoms with van der Waals surface area (Å²) in [5.41, 5.74) is 1.40. The van der Waals surface area contributed by atoms with Crippen molar-refractivity contribution in [3.63, 3.8) is 0 Å². The van der Waals surface area contributed by atoms with Gasteiger partial charge in [0, 0.05) is 11.7 Å². The van der Waals surface area contributed by atoms with Crippen molar-refractivity contribution in [1.29, 1.82) is 0 Å². The molecule has 20 heavy (non-hydrogen) atoms. The maximum absolute atomic E-state index is 6.26. The molecule has 2 heterocycles. The smallest absolute Gasteiger partial charge is 0.399 e. The highest BCUT2D eigenvalue weighted by Gasteiger charge is 2.52. The highest BCUT2D eigenvalue weighted by molar-refractivity contribution is 6.65. The molecule has 3 nitrogen and oxygen atoms in total. The van der Waals surface area contributed by atoms with Gasteiger partial charge in [-0.25, -0.2) is 4.98 Å². The van der Waals surface area contributed by atoms with Gasteiger partial charge in [-0.15, -0.1) is 0 Å². The summed E-state index contributed by atoms with van der Waals surface area (Å²) in [5.74, 6) is 0.626. The fraction of sp³-hybridized carbons (Fsp3) is 0.667. The highest BCUT2D eigenvalue weighted by atomic mass is 35.5. The topological polar surface area (TPSA) is 31.4 Å². The Hall–Kier alpha value is -0.575. The van der Waals surface area contributed by atoms with Crippen molar-refractivity contribution >= 4 is 24.2 Å². The Bertz CT molecular complexity index is 513. The van der Waals surface area contributed by atoms with Crippen LogP contribution in [0.1, 0.15) is 58.4 Å². The second-order valence-corrected chi connectivity index (χ2v) is 7.22. The fourth-order valence-corrected chi connectivity index (χ4v) is 2.77. The molecule has 2 fully saturated rings. The molecule has 0 radical (unpaired) electrons. The van der Waals surface area contributed by atoms with Gasteiger partial charge in [-0.3, -0.25) is 0 Å². The first-order valence-electron chi connectivity index (χ1n) is 7.31. The molecule has 5 heteroatoms. The Morgan fingerprint density at radius 3 is 2.30 bits per heavy atom. The van der Waals surface area contributed by atoms with E-state index in [1.54, 1.807) is 0 Å². The average molecular weight is 294 g/mol. The van der Waals surface area contributed by atoms with Gasteiger partial charge in [0.15, 0.2) is 0 Å². The first-order chi connectivity index (χ1) is 9.30. The molecule has 0 atom stereocenters. The predicted molar refractivity (Wildman–Crippen MR) is 81.6 cm³/mol. The van der Waals surface area contributed by atoms with Gasteiger partial charge in [-0.2, -0.15) is 0 Å². The zero-order valence-corrected chi connectivity index (χ0v) is 13.3. The quantitative estimate of drug-likeness (QED) is 0.619. The van der Waals surface area contributed by atoms with E-state index in [0.29, 0.717) is 11.1 Å². The fourth-order valence-electron chi connectivity index (χ4n) is 2.58. The number of rotatable bonds is 2. The second-order valence-electron chi connectivity index (χ2n) is 6.86. The van der Waals surface area contributed by atoms with Crippen molar-refractivity contribution in [3.05, 3.63) is 23.0 Å². The lowest BCUT2D eigenvalue weighted by Gasteiger charge is -2.32. The van der Waals surface area contributed by atoms with Crippen LogP contribution in [0.15, 0.2) is 12.3 Å². The number of hydrogen-bond acceptors (Lipinski definition) is 3. The van der Waals surface area contributed by atoms with Gasteiger partial charge in [0.25, 0.3) is 0 Å². The van der Waals surface area contributed by atoms with Crippen LogP contribution in [-0.4, -0.2) is 23.3 Å². The zero-order valence-electron chi connectivity index (χ0n) is 12.6. The molecule has 0 unspecified atom stereocenters. The van der Waals surface area contributed by atoms with Crippen LogP contribution in [0.5, 0.6) is 0 Å². The van der Waals surface area contributed by atoms with E-state index in [4.69, 9.17) is 20.9 Å². The normalized spacial score (nSPS) is 24.8. The van der Waals surface area contributed by atoms with Crippen molar-refractivity contribution in [3.8, 4) is 0 Å². The SMILES string of the molecule is CC1(C)OB(c2cc(C3CCC3)cnc2Cl)OC1(C)C. The molecule has 108 valence electrons. The van der Waals surface area contributed by atoms with Crippen molar-refractivity contribution in [2.45, 2.75) is 64.1 Å². The summed E-state index contributed by atoms with van der Waals surface area (Å²) in [4.78, 5) is 4.33. The van der Waals surface area contributed by atoms with Gasteiger partial charge in [0.1, 0.15) is 5.15 Å². The second kappa shape index (κ2) is 4.72. The summed E-state index contributed by atoms with van der Waals surface area (Å²) in [6, 6.07) is 2.11. The summed E-state index contributed by atoms with van der Waals surface area (Å²) in [5, 5.41) is 0.478. The minimum absolute atomic E-state index is 0.354. The standard InChI is InChI=1S/C15H21BClNO2/c1-14(2)15(3,4)20-16(19-14)12-8-11(9-18-13(12)17)10-6-5-7-10/h8-10H,5-7H2,1-4H3. The lowest BCUT2D eigenvalue weighted by atomic mass is 9.75. The van der Waals surface area contributed by atoms with Crippen molar-refractivity contribution in [1.82, 2.24) is 4.98 Å². The summed E-state index contributed by atoms with van der Waals surface area (Å²) in [6.45, 7) is 8.18. The largest absolute Gasteiger partial charge is 0.498 e. The minimum Gasteiger partial charge on any atom is -0.399 e. The van der Waals surface area contributed by atoms with E-state index in [-0.39, 0.29) is 11.2 Å². The molecule has 0 aromatic carbocycles. The number of aromatic nitrogens is 1. The molecule has 0 N–H and O–H groups in total. The third kappa shape index (κ3) is 2.28. The summed E-state index contributed by atoms with van der Waals surface area (Å²) in [6.07, 6.45) is 5.68. The van der Waals surface area contributed by atoms with Gasteiger partial charge in [-0.05, 0) is 52.0 Å². The molecule has 0 spiro atoms. The predicted octanol–water partition coefficient (Wildman–Crippen LogP) is 3.30. The van der Waals surface area contributed by atoms with Crippen molar-refractivity contribution in [2.24, 2.45) is 0 Å². The lowest BCUT2D eigenvalue weighted by Crippen LogP contribution is -2.41. The van der Waals surface area contributed by atoms with Crippen LogP contribution < -0.4 is 5.46 Å². The van der Waals surface area contributed by atoms with E-state index in [0.717, 1.165) is 5.46 Å². The van der Waals surface area contributed by atoms with Crippen LogP contribution in [0, 0.1) is 0 Å². The van der Waals surface area contributed by atoms with Crippen LogP contribution in [0.2, 0.25) is 5.15 Å². The van der Waals surface area contributed by atoms with Crippen LogP contribution in [0.4, 0.5) is 0 Å². The molecule has 1 saturated carbocycles. The lowest BCUT2D eigenvalue weighted by molar-refractivity contribution is 0.00578. The van der Waals surface area contributed by atoms with Gasteiger partial charge >= 0.3 is 7.12 Å². The molecule has 1 aromatic rings.